The molecule has 2 aromatic carbocycles. The van der Waals surface area contributed by atoms with Crippen molar-refractivity contribution in [2.45, 2.75) is 24.2 Å². The first-order valence-electron chi connectivity index (χ1n) is 11.3. The number of benzene rings is 2. The minimum absolute atomic E-state index is 0.0163. The van der Waals surface area contributed by atoms with Gasteiger partial charge < -0.3 is 15.0 Å². The van der Waals surface area contributed by atoms with Crippen molar-refractivity contribution in [3.05, 3.63) is 69.6 Å². The molecule has 1 atom stereocenters. The van der Waals surface area contributed by atoms with Crippen LogP contribution in [0, 0.1) is 18.3 Å². The first-order chi connectivity index (χ1) is 17.2. The molecule has 1 aliphatic rings. The number of halogens is 2. The lowest BCUT2D eigenvalue weighted by molar-refractivity contribution is -0.126. The molecule has 3 rings (SSSR count). The summed E-state index contributed by atoms with van der Waals surface area (Å²) in [5.74, 6) is 1.87. The van der Waals surface area contributed by atoms with Gasteiger partial charge in [0, 0.05) is 35.1 Å². The molecule has 36 heavy (non-hydrogen) atoms. The fourth-order valence-electron chi connectivity index (χ4n) is 3.78. The second-order valence-electron chi connectivity index (χ2n) is 8.17. The van der Waals surface area contributed by atoms with Crippen LogP contribution in [-0.2, 0) is 14.6 Å². The van der Waals surface area contributed by atoms with Crippen LogP contribution in [0.4, 0.5) is 0 Å². The van der Waals surface area contributed by atoms with Crippen LogP contribution in [0.2, 0.25) is 10.0 Å². The van der Waals surface area contributed by atoms with Crippen LogP contribution in [0.1, 0.15) is 29.6 Å². The monoisotopic (exact) mass is 548 g/mol. The number of hydrogen-bond donors (Lipinski definition) is 1. The average Bonchev–Trinajstić information content (AvgIpc) is 2.87. The number of hydrogen-bond acceptors (Lipinski definition) is 5. The molecule has 1 N–H and O–H groups in total. The van der Waals surface area contributed by atoms with E-state index in [0.29, 0.717) is 47.2 Å². The molecule has 0 saturated carbocycles. The Kier molecular flexibility index (Phi) is 9.82. The summed E-state index contributed by atoms with van der Waals surface area (Å²) in [5, 5.41) is 4.79. The third kappa shape index (κ3) is 7.50. The number of sulfone groups is 1. The van der Waals surface area contributed by atoms with E-state index in [0.717, 1.165) is 5.41 Å². The normalized spacial score (nSPS) is 15.9. The fraction of sp³-hybridized carbons (Fsp3) is 0.308. The number of carbonyl (C=O) groups is 2. The van der Waals surface area contributed by atoms with Crippen LogP contribution >= 0.6 is 23.2 Å². The Labute approximate surface area is 221 Å². The van der Waals surface area contributed by atoms with Crippen LogP contribution < -0.4 is 10.1 Å². The molecule has 1 heterocycles. The maximum absolute atomic E-state index is 13.2. The molecule has 0 bridgehead atoms. The highest BCUT2D eigenvalue weighted by Crippen LogP contribution is 2.27. The average molecular weight is 549 g/mol. The van der Waals surface area contributed by atoms with E-state index in [1.165, 1.54) is 36.4 Å². The van der Waals surface area contributed by atoms with Gasteiger partial charge in [-0.3, -0.25) is 9.59 Å². The van der Waals surface area contributed by atoms with Crippen molar-refractivity contribution in [1.82, 2.24) is 10.2 Å². The Morgan fingerprint density at radius 1 is 1.17 bits per heavy atom. The number of terminal acetylenes is 1. The predicted octanol–water partition coefficient (Wildman–Crippen LogP) is 4.35. The van der Waals surface area contributed by atoms with Gasteiger partial charge in [0.1, 0.15) is 12.4 Å². The summed E-state index contributed by atoms with van der Waals surface area (Å²) in [6, 6.07) is 10.6. The van der Waals surface area contributed by atoms with Gasteiger partial charge in [-0.05, 0) is 61.7 Å². The van der Waals surface area contributed by atoms with Gasteiger partial charge in [-0.2, -0.15) is 0 Å². The Hall–Kier alpha value is -2.99. The minimum atomic E-state index is -3.58. The van der Waals surface area contributed by atoms with Crippen LogP contribution in [0.3, 0.4) is 0 Å². The second-order valence-corrected chi connectivity index (χ2v) is 10.9. The molecule has 1 fully saturated rings. The predicted molar refractivity (Wildman–Crippen MR) is 140 cm³/mol. The van der Waals surface area contributed by atoms with Crippen molar-refractivity contribution in [3.8, 4) is 18.1 Å². The van der Waals surface area contributed by atoms with E-state index in [-0.39, 0.29) is 42.3 Å². The number of carbonyl (C=O) groups excluding carboxylic acids is 2. The van der Waals surface area contributed by atoms with Gasteiger partial charge in [-0.15, -0.1) is 6.42 Å². The highest BCUT2D eigenvalue weighted by molar-refractivity contribution is 7.94. The lowest BCUT2D eigenvalue weighted by Crippen LogP contribution is -2.45. The zero-order valence-corrected chi connectivity index (χ0v) is 21.8. The SMILES string of the molecule is C#CCOc1ccc(Cl)cc1C(=O)N1CCC[C@H](C(=O)NCC/C=C/S(=O)(=O)c2ccc(Cl)cc2)C1. The first kappa shape index (κ1) is 27.6. The van der Waals surface area contributed by atoms with E-state index < -0.39 is 9.84 Å². The molecule has 7 nitrogen and oxygen atoms in total. The summed E-state index contributed by atoms with van der Waals surface area (Å²) < 4.78 is 30.1. The van der Waals surface area contributed by atoms with Crippen molar-refractivity contribution in [1.29, 1.82) is 0 Å². The maximum Gasteiger partial charge on any atom is 0.257 e. The van der Waals surface area contributed by atoms with Crippen molar-refractivity contribution in [2.24, 2.45) is 5.92 Å². The molecular formula is C26H26Cl2N2O5S. The number of nitrogens with one attached hydrogen (secondary N) is 1. The van der Waals surface area contributed by atoms with Crippen LogP contribution in [-0.4, -0.2) is 51.4 Å². The van der Waals surface area contributed by atoms with Crippen LogP contribution in [0.15, 0.2) is 58.8 Å². The largest absolute Gasteiger partial charge is 0.480 e. The van der Waals surface area contributed by atoms with Crippen molar-refractivity contribution in [2.75, 3.05) is 26.2 Å². The lowest BCUT2D eigenvalue weighted by atomic mass is 9.96. The van der Waals surface area contributed by atoms with E-state index in [1.54, 1.807) is 17.0 Å². The lowest BCUT2D eigenvalue weighted by Gasteiger charge is -2.32. The number of nitrogens with zero attached hydrogens (tertiary/aromatic N) is 1. The molecular weight excluding hydrogens is 523 g/mol. The smallest absolute Gasteiger partial charge is 0.257 e. The molecule has 1 aliphatic heterocycles. The number of likely N-dealkylation sites (tertiary alicyclic amines) is 1. The molecule has 2 aromatic rings. The van der Waals surface area contributed by atoms with Crippen LogP contribution in [0.5, 0.6) is 5.75 Å². The zero-order chi connectivity index (χ0) is 26.1. The van der Waals surface area contributed by atoms with Gasteiger partial charge in [-0.1, -0.05) is 35.2 Å². The quantitative estimate of drug-likeness (QED) is 0.371. The third-order valence-electron chi connectivity index (χ3n) is 5.59. The van der Waals surface area contributed by atoms with E-state index >= 15 is 0 Å². The number of piperidine rings is 1. The fourth-order valence-corrected chi connectivity index (χ4v) is 5.14. The second kappa shape index (κ2) is 12.8. The van der Waals surface area contributed by atoms with Crippen molar-refractivity contribution in [3.63, 3.8) is 0 Å². The van der Waals surface area contributed by atoms with Gasteiger partial charge in [0.25, 0.3) is 5.91 Å². The summed E-state index contributed by atoms with van der Waals surface area (Å²) >= 11 is 11.9. The zero-order valence-electron chi connectivity index (χ0n) is 19.5. The third-order valence-corrected chi connectivity index (χ3v) is 7.56. The van der Waals surface area contributed by atoms with E-state index in [1.807, 2.05) is 0 Å². The molecule has 0 unspecified atom stereocenters. The summed E-state index contributed by atoms with van der Waals surface area (Å²) in [4.78, 5) is 27.6. The number of amides is 2. The number of rotatable bonds is 9. The first-order valence-corrected chi connectivity index (χ1v) is 13.6. The topological polar surface area (TPSA) is 92.8 Å². The minimum Gasteiger partial charge on any atom is -0.480 e. The van der Waals surface area contributed by atoms with E-state index in [4.69, 9.17) is 34.4 Å². The van der Waals surface area contributed by atoms with Crippen LogP contribution in [0.25, 0.3) is 0 Å². The van der Waals surface area contributed by atoms with E-state index in [9.17, 15) is 18.0 Å². The summed E-state index contributed by atoms with van der Waals surface area (Å²) in [6.07, 6.45) is 8.41. The van der Waals surface area contributed by atoms with Gasteiger partial charge in [-0.25, -0.2) is 8.42 Å². The molecule has 10 heteroatoms. The Morgan fingerprint density at radius 2 is 1.89 bits per heavy atom. The summed E-state index contributed by atoms with van der Waals surface area (Å²) in [7, 11) is -3.58. The standard InChI is InChI=1S/C26H26Cl2N2O5S/c1-2-15-35-24-12-9-21(28)17-23(24)26(32)30-14-5-6-19(18-30)25(31)29-13-3-4-16-36(33,34)22-10-7-20(27)8-11-22/h1,4,7-12,16-17,19H,3,5-6,13-15,18H2,(H,29,31)/b16-4+/t19-/m0/s1. The number of ether oxygens (including phenoxy) is 1. The Bertz CT molecular complexity index is 1270. The van der Waals surface area contributed by atoms with Gasteiger partial charge in [0.2, 0.25) is 5.91 Å². The summed E-state index contributed by atoms with van der Waals surface area (Å²) in [6.45, 7) is 1.05. The molecule has 0 aliphatic carbocycles. The molecule has 190 valence electrons. The maximum atomic E-state index is 13.2. The highest BCUT2D eigenvalue weighted by atomic mass is 35.5. The molecule has 1 saturated heterocycles. The Morgan fingerprint density at radius 3 is 2.61 bits per heavy atom. The Balaban J connectivity index is 1.53. The van der Waals surface area contributed by atoms with Crippen molar-refractivity contribution < 1.29 is 22.7 Å². The van der Waals surface area contributed by atoms with Gasteiger partial charge in [0.15, 0.2) is 9.84 Å². The molecule has 0 radical (unpaired) electrons. The van der Waals surface area contributed by atoms with Crippen molar-refractivity contribution >= 4 is 44.9 Å². The summed E-state index contributed by atoms with van der Waals surface area (Å²) in [5.41, 5.74) is 0.297. The van der Waals surface area contributed by atoms with Gasteiger partial charge in [0.05, 0.1) is 16.4 Å². The molecule has 2 amide bonds. The molecule has 0 spiro atoms. The highest BCUT2D eigenvalue weighted by Gasteiger charge is 2.30. The van der Waals surface area contributed by atoms with Gasteiger partial charge >= 0.3 is 0 Å². The van der Waals surface area contributed by atoms with E-state index in [2.05, 4.69) is 11.2 Å². The molecule has 0 aromatic heterocycles.